The Morgan fingerprint density at radius 2 is 1.63 bits per heavy atom. The number of carbonyl (C=O) groups is 1. The maximum Gasteiger partial charge on any atom is 0.234 e. The Kier molecular flexibility index (Phi) is 8.34. The van der Waals surface area contributed by atoms with Crippen molar-refractivity contribution in [3.8, 4) is 28.5 Å². The molecule has 0 aliphatic carbocycles. The lowest BCUT2D eigenvalue weighted by Gasteiger charge is -2.13. The summed E-state index contributed by atoms with van der Waals surface area (Å²) in [7, 11) is 0. The third-order valence-electron chi connectivity index (χ3n) is 5.20. The largest absolute Gasteiger partial charge is 0.325 e. The summed E-state index contributed by atoms with van der Waals surface area (Å²) in [6.45, 7) is 1.95. The number of thioether (sulfide) groups is 1. The van der Waals surface area contributed by atoms with E-state index in [0.29, 0.717) is 26.3 Å². The maximum absolute atomic E-state index is 12.7. The summed E-state index contributed by atoms with van der Waals surface area (Å²) >= 11 is 15.6. The van der Waals surface area contributed by atoms with Gasteiger partial charge in [0.05, 0.1) is 17.0 Å². The number of aromatic nitrogens is 1. The zero-order valence-corrected chi connectivity index (χ0v) is 23.0. The number of carbonyl (C=O) groups excluding carboxylic acids is 1. The van der Waals surface area contributed by atoms with Gasteiger partial charge in [0.25, 0.3) is 0 Å². The van der Waals surface area contributed by atoms with Crippen molar-refractivity contribution in [3.63, 3.8) is 0 Å². The van der Waals surface area contributed by atoms with Crippen LogP contribution in [-0.2, 0) is 4.79 Å². The lowest BCUT2D eigenvalue weighted by atomic mass is 9.99. The van der Waals surface area contributed by atoms with Crippen LogP contribution in [0.3, 0.4) is 0 Å². The van der Waals surface area contributed by atoms with Gasteiger partial charge in [0, 0.05) is 30.4 Å². The first-order valence-corrected chi connectivity index (χ1v) is 13.3. The molecule has 4 aromatic rings. The molecule has 4 rings (SSSR count). The summed E-state index contributed by atoms with van der Waals surface area (Å²) in [6, 6.07) is 24.6. The van der Waals surface area contributed by atoms with Gasteiger partial charge >= 0.3 is 0 Å². The summed E-state index contributed by atoms with van der Waals surface area (Å²) < 4.78 is 1.10. The summed E-state index contributed by atoms with van der Waals surface area (Å²) in [6.07, 6.45) is 0. The van der Waals surface area contributed by atoms with Crippen molar-refractivity contribution in [2.75, 3.05) is 11.1 Å². The molecule has 0 saturated heterocycles. The highest BCUT2D eigenvalue weighted by molar-refractivity contribution is 14.1. The van der Waals surface area contributed by atoms with E-state index in [1.807, 2.05) is 55.5 Å². The monoisotopic (exact) mass is 629 g/mol. The topological polar surface area (TPSA) is 65.8 Å². The first kappa shape index (κ1) is 25.5. The number of anilines is 1. The summed E-state index contributed by atoms with van der Waals surface area (Å²) in [4.78, 5) is 17.5. The molecule has 1 aromatic heterocycles. The van der Waals surface area contributed by atoms with Gasteiger partial charge in [-0.3, -0.25) is 4.79 Å². The molecule has 35 heavy (non-hydrogen) atoms. The number of aryl methyl sites for hydroxylation is 1. The van der Waals surface area contributed by atoms with Crippen LogP contribution in [0, 0.1) is 21.8 Å². The van der Waals surface area contributed by atoms with Crippen molar-refractivity contribution in [1.82, 2.24) is 4.98 Å². The van der Waals surface area contributed by atoms with Crippen LogP contribution in [0.5, 0.6) is 0 Å². The summed E-state index contributed by atoms with van der Waals surface area (Å²) in [5, 5.41) is 14.7. The zero-order chi connectivity index (χ0) is 24.9. The van der Waals surface area contributed by atoms with Crippen LogP contribution >= 0.6 is 57.6 Å². The maximum atomic E-state index is 12.7. The number of halogens is 3. The summed E-state index contributed by atoms with van der Waals surface area (Å²) in [5.41, 5.74) is 5.26. The standard InChI is InChI=1S/C27H18Cl2IN3OS/c1-16-12-21(30)10-11-24(16)32-26(34)15-35-27-23(14-31)22(17-2-6-19(28)7-3-17)13-25(33-27)18-4-8-20(29)9-5-18/h2-13H,15H2,1H3,(H,32,34). The van der Waals surface area contributed by atoms with Gasteiger partial charge in [-0.05, 0) is 89.2 Å². The third kappa shape index (κ3) is 6.36. The number of hydrogen-bond donors (Lipinski definition) is 1. The molecule has 0 saturated carbocycles. The van der Waals surface area contributed by atoms with Gasteiger partial charge in [-0.1, -0.05) is 59.2 Å². The van der Waals surface area contributed by atoms with Crippen LogP contribution in [0.15, 0.2) is 77.8 Å². The smallest absolute Gasteiger partial charge is 0.234 e. The quantitative estimate of drug-likeness (QED) is 0.172. The third-order valence-corrected chi connectivity index (χ3v) is 7.35. The van der Waals surface area contributed by atoms with Crippen molar-refractivity contribution in [2.45, 2.75) is 11.9 Å². The molecule has 1 amide bonds. The number of rotatable bonds is 6. The van der Waals surface area contributed by atoms with Gasteiger partial charge in [0.15, 0.2) is 0 Å². The molecule has 4 nitrogen and oxygen atoms in total. The summed E-state index contributed by atoms with van der Waals surface area (Å²) in [5.74, 6) is -0.0630. The van der Waals surface area contributed by atoms with Crippen molar-refractivity contribution in [3.05, 3.63) is 97.5 Å². The fourth-order valence-electron chi connectivity index (χ4n) is 3.45. The average Bonchev–Trinajstić information content (AvgIpc) is 2.85. The zero-order valence-electron chi connectivity index (χ0n) is 18.5. The molecule has 0 bridgehead atoms. The van der Waals surface area contributed by atoms with Crippen LogP contribution in [0.4, 0.5) is 5.69 Å². The molecule has 0 radical (unpaired) electrons. The van der Waals surface area contributed by atoms with Crippen LogP contribution in [0.25, 0.3) is 22.4 Å². The van der Waals surface area contributed by atoms with E-state index in [9.17, 15) is 10.1 Å². The van der Waals surface area contributed by atoms with E-state index in [1.165, 1.54) is 11.8 Å². The normalized spacial score (nSPS) is 10.6. The fraction of sp³-hybridized carbons (Fsp3) is 0.0741. The van der Waals surface area contributed by atoms with E-state index in [1.54, 1.807) is 24.3 Å². The Morgan fingerprint density at radius 3 is 2.23 bits per heavy atom. The van der Waals surface area contributed by atoms with Gasteiger partial charge in [0.2, 0.25) is 5.91 Å². The highest BCUT2D eigenvalue weighted by Crippen LogP contribution is 2.35. The van der Waals surface area contributed by atoms with Crippen molar-refractivity contribution in [2.24, 2.45) is 0 Å². The second-order valence-corrected chi connectivity index (χ2v) is 10.7. The second kappa shape index (κ2) is 11.4. The van der Waals surface area contributed by atoms with Crippen LogP contribution in [-0.4, -0.2) is 16.6 Å². The molecular weight excluding hydrogens is 612 g/mol. The van der Waals surface area contributed by atoms with Crippen LogP contribution < -0.4 is 5.32 Å². The van der Waals surface area contributed by atoms with E-state index >= 15 is 0 Å². The molecule has 0 spiro atoms. The molecule has 0 fully saturated rings. The lowest BCUT2D eigenvalue weighted by Crippen LogP contribution is -2.15. The van der Waals surface area contributed by atoms with Gasteiger partial charge in [-0.15, -0.1) is 0 Å². The van der Waals surface area contributed by atoms with E-state index in [4.69, 9.17) is 28.2 Å². The molecule has 174 valence electrons. The van der Waals surface area contributed by atoms with Gasteiger partial charge < -0.3 is 5.32 Å². The molecule has 8 heteroatoms. The number of nitriles is 1. The number of benzene rings is 3. The minimum absolute atomic E-state index is 0.108. The Bertz CT molecular complexity index is 1430. The minimum atomic E-state index is -0.171. The molecule has 1 N–H and O–H groups in total. The van der Waals surface area contributed by atoms with Crippen molar-refractivity contribution in [1.29, 1.82) is 5.26 Å². The molecular formula is C27H18Cl2IN3OS. The van der Waals surface area contributed by atoms with Crippen molar-refractivity contribution < 1.29 is 4.79 Å². The minimum Gasteiger partial charge on any atom is -0.325 e. The molecule has 0 atom stereocenters. The highest BCUT2D eigenvalue weighted by atomic mass is 127. The number of nitrogens with zero attached hydrogens (tertiary/aromatic N) is 2. The molecule has 0 unspecified atom stereocenters. The predicted octanol–water partition coefficient (Wildman–Crippen LogP) is 8.24. The van der Waals surface area contributed by atoms with Gasteiger partial charge in [-0.2, -0.15) is 5.26 Å². The molecule has 1 heterocycles. The Labute approximate surface area is 231 Å². The first-order valence-electron chi connectivity index (χ1n) is 10.5. The average molecular weight is 630 g/mol. The first-order chi connectivity index (χ1) is 16.8. The lowest BCUT2D eigenvalue weighted by molar-refractivity contribution is -0.113. The SMILES string of the molecule is Cc1cc(I)ccc1NC(=O)CSc1nc(-c2ccc(Cl)cc2)cc(-c2ccc(Cl)cc2)c1C#N. The number of hydrogen-bond acceptors (Lipinski definition) is 4. The number of amides is 1. The number of pyridine rings is 1. The van der Waals surface area contributed by atoms with E-state index in [0.717, 1.165) is 31.5 Å². The van der Waals surface area contributed by atoms with Crippen LogP contribution in [0.1, 0.15) is 11.1 Å². The Hall–Kier alpha value is -2.57. The number of nitrogens with one attached hydrogen (secondary N) is 1. The fourth-order valence-corrected chi connectivity index (χ4v) is 5.15. The van der Waals surface area contributed by atoms with Gasteiger partial charge in [-0.25, -0.2) is 4.98 Å². The molecule has 0 aliphatic heterocycles. The Balaban J connectivity index is 1.69. The van der Waals surface area contributed by atoms with E-state index in [-0.39, 0.29) is 11.7 Å². The molecule has 3 aromatic carbocycles. The van der Waals surface area contributed by atoms with Gasteiger partial charge in [0.1, 0.15) is 11.1 Å². The predicted molar refractivity (Wildman–Crippen MR) is 153 cm³/mol. The highest BCUT2D eigenvalue weighted by Gasteiger charge is 2.17. The van der Waals surface area contributed by atoms with E-state index in [2.05, 4.69) is 34.0 Å². The molecule has 0 aliphatic rings. The second-order valence-electron chi connectivity index (χ2n) is 7.66. The van der Waals surface area contributed by atoms with Crippen LogP contribution in [0.2, 0.25) is 10.0 Å². The van der Waals surface area contributed by atoms with Crippen molar-refractivity contribution >= 4 is 69.1 Å². The Morgan fingerprint density at radius 1 is 1.00 bits per heavy atom. The van der Waals surface area contributed by atoms with E-state index < -0.39 is 0 Å².